The highest BCUT2D eigenvalue weighted by Gasteiger charge is 2.37. The molecule has 0 aliphatic rings. The van der Waals surface area contributed by atoms with E-state index in [1.807, 2.05) is 133 Å². The van der Waals surface area contributed by atoms with Gasteiger partial charge in [-0.25, -0.2) is 9.59 Å². The lowest BCUT2D eigenvalue weighted by Crippen LogP contribution is -2.48. The molecule has 0 aliphatic heterocycles. The minimum absolute atomic E-state index is 0.252. The van der Waals surface area contributed by atoms with Gasteiger partial charge in [0.2, 0.25) is 23.6 Å². The van der Waals surface area contributed by atoms with Crippen molar-refractivity contribution in [3.8, 4) is 0 Å². The van der Waals surface area contributed by atoms with Gasteiger partial charge in [0.15, 0.2) is 0 Å². The molecule has 0 saturated heterocycles. The van der Waals surface area contributed by atoms with Gasteiger partial charge in [-0.1, -0.05) is 84.9 Å². The molecule has 0 aromatic heterocycles. The normalized spacial score (nSPS) is 11.1. The van der Waals surface area contributed by atoms with E-state index in [2.05, 4.69) is 47.9 Å². The van der Waals surface area contributed by atoms with Gasteiger partial charge in [0, 0.05) is 60.3 Å². The third-order valence-electron chi connectivity index (χ3n) is 11.2. The number of hydrogen-bond acceptors (Lipinski definition) is 7. The van der Waals surface area contributed by atoms with Crippen LogP contribution in [-0.4, -0.2) is 61.9 Å². The minimum Gasteiger partial charge on any atom is -0.354 e. The average molecular weight is 930 g/mol. The van der Waals surface area contributed by atoms with Crippen molar-refractivity contribution in [1.29, 1.82) is 0 Å². The summed E-state index contributed by atoms with van der Waals surface area (Å²) in [5, 5.41) is 25.7. The maximum Gasteiger partial charge on any atom is 0.323 e. The van der Waals surface area contributed by atoms with Gasteiger partial charge in [-0.3, -0.25) is 19.2 Å². The molecular formula is C54H59N9O6. The smallest absolute Gasteiger partial charge is 0.323 e. The summed E-state index contributed by atoms with van der Waals surface area (Å²) < 4.78 is 0. The molecule has 15 nitrogen and oxygen atoms in total. The van der Waals surface area contributed by atoms with Crippen molar-refractivity contribution in [3.05, 3.63) is 180 Å². The summed E-state index contributed by atoms with van der Waals surface area (Å²) in [6, 6.07) is 47.7. The highest BCUT2D eigenvalue weighted by molar-refractivity contribution is 6.10. The summed E-state index contributed by atoms with van der Waals surface area (Å²) in [7, 11) is 0. The summed E-state index contributed by atoms with van der Waals surface area (Å²) in [6.45, 7) is 7.52. The molecule has 0 radical (unpaired) electrons. The van der Waals surface area contributed by atoms with Crippen molar-refractivity contribution in [2.45, 2.75) is 40.5 Å². The lowest BCUT2D eigenvalue weighted by atomic mass is 9.91. The summed E-state index contributed by atoms with van der Waals surface area (Å²) >= 11 is 0. The van der Waals surface area contributed by atoms with Crippen LogP contribution in [0.5, 0.6) is 0 Å². The largest absolute Gasteiger partial charge is 0.354 e. The van der Waals surface area contributed by atoms with Crippen LogP contribution in [0.2, 0.25) is 0 Å². The summed E-state index contributed by atoms with van der Waals surface area (Å²) in [4.78, 5) is 77.0. The van der Waals surface area contributed by atoms with Crippen molar-refractivity contribution >= 4 is 69.8 Å². The molecule has 356 valence electrons. The van der Waals surface area contributed by atoms with E-state index in [0.717, 1.165) is 22.3 Å². The molecule has 9 N–H and O–H groups in total. The fourth-order valence-corrected chi connectivity index (χ4v) is 6.80. The second-order valence-corrected chi connectivity index (χ2v) is 17.5. The number of hydrogen-bond donors (Lipinski definition) is 9. The molecule has 0 spiro atoms. The molecule has 69 heavy (non-hydrogen) atoms. The predicted molar refractivity (Wildman–Crippen MR) is 273 cm³/mol. The Labute approximate surface area is 402 Å². The second kappa shape index (κ2) is 23.9. The molecule has 8 amide bonds. The fourth-order valence-electron chi connectivity index (χ4n) is 6.80. The van der Waals surface area contributed by atoms with Gasteiger partial charge in [0.05, 0.1) is 0 Å². The monoisotopic (exact) mass is 929 g/mol. The maximum absolute atomic E-state index is 13.2. The Morgan fingerprint density at radius 1 is 0.319 bits per heavy atom. The number of amides is 8. The number of anilines is 6. The minimum atomic E-state index is -1.36. The Balaban J connectivity index is 0.832. The molecular weight excluding hydrogens is 871 g/mol. The summed E-state index contributed by atoms with van der Waals surface area (Å²) in [6.07, 6.45) is 1.29. The Bertz CT molecular complexity index is 2490. The van der Waals surface area contributed by atoms with E-state index in [-0.39, 0.29) is 25.2 Å². The quantitative estimate of drug-likeness (QED) is 0.0269. The fraction of sp³-hybridized carbons (Fsp3) is 0.222. The number of para-hydroxylation sites is 2. The van der Waals surface area contributed by atoms with E-state index in [1.54, 1.807) is 52.0 Å². The van der Waals surface area contributed by atoms with Crippen molar-refractivity contribution in [1.82, 2.24) is 16.0 Å². The summed E-state index contributed by atoms with van der Waals surface area (Å²) in [5.74, 6) is -1.77. The van der Waals surface area contributed by atoms with Gasteiger partial charge >= 0.3 is 12.1 Å². The highest BCUT2D eigenvalue weighted by atomic mass is 16.2. The van der Waals surface area contributed by atoms with Crippen molar-refractivity contribution < 1.29 is 28.8 Å². The van der Waals surface area contributed by atoms with E-state index in [4.69, 9.17) is 0 Å². The first-order chi connectivity index (χ1) is 33.1. The van der Waals surface area contributed by atoms with Gasteiger partial charge in [-0.15, -0.1) is 0 Å². The lowest BCUT2D eigenvalue weighted by Gasteiger charge is -2.23. The number of nitrogens with one attached hydrogen (secondary N) is 9. The first-order valence-corrected chi connectivity index (χ1v) is 22.7. The van der Waals surface area contributed by atoms with E-state index in [1.165, 1.54) is 0 Å². The van der Waals surface area contributed by atoms with Crippen LogP contribution >= 0.6 is 0 Å². The molecule has 0 fully saturated rings. The number of carbonyl (C=O) groups is 6. The van der Waals surface area contributed by atoms with E-state index >= 15 is 0 Å². The van der Waals surface area contributed by atoms with Crippen molar-refractivity contribution in [2.75, 3.05) is 58.1 Å². The van der Waals surface area contributed by atoms with Crippen LogP contribution in [-0.2, 0) is 32.0 Å². The Morgan fingerprint density at radius 2 is 0.580 bits per heavy atom. The lowest BCUT2D eigenvalue weighted by molar-refractivity contribution is -0.139. The zero-order chi connectivity index (χ0) is 49.2. The maximum atomic E-state index is 13.2. The molecule has 6 aromatic rings. The number of rotatable bonds is 20. The SMILES string of the molecule is CC(C)(C(=O)NCCNCCNC(=O)C(C)(C)C(=O)Nc1ccc(Cc2ccc(NC(=O)Nc3ccccc3)cc2)cc1)C(=O)Nc1ccc(Cc2ccc(NC(=O)Nc3ccccc3)cc2)cc1. The first kappa shape index (κ1) is 50.1. The Hall–Kier alpha value is -8.30. The molecule has 0 atom stereocenters. The zero-order valence-electron chi connectivity index (χ0n) is 39.2. The molecule has 6 rings (SSSR count). The van der Waals surface area contributed by atoms with Crippen LogP contribution in [0.1, 0.15) is 49.9 Å². The van der Waals surface area contributed by atoms with E-state index in [0.29, 0.717) is 60.1 Å². The third kappa shape index (κ3) is 15.4. The van der Waals surface area contributed by atoms with Gasteiger partial charge < -0.3 is 47.9 Å². The molecule has 6 aromatic carbocycles. The predicted octanol–water partition coefficient (Wildman–Crippen LogP) is 8.61. The summed E-state index contributed by atoms with van der Waals surface area (Å²) in [5.41, 5.74) is 5.27. The molecule has 15 heteroatoms. The zero-order valence-corrected chi connectivity index (χ0v) is 39.2. The van der Waals surface area contributed by atoms with Gasteiger partial charge in [0.1, 0.15) is 10.8 Å². The topological polar surface area (TPSA) is 211 Å². The van der Waals surface area contributed by atoms with Gasteiger partial charge in [0.25, 0.3) is 0 Å². The van der Waals surface area contributed by atoms with Crippen LogP contribution in [0.4, 0.5) is 43.7 Å². The van der Waals surface area contributed by atoms with Crippen LogP contribution in [0.25, 0.3) is 0 Å². The van der Waals surface area contributed by atoms with E-state index < -0.39 is 34.5 Å². The van der Waals surface area contributed by atoms with Crippen LogP contribution in [0, 0.1) is 10.8 Å². The highest BCUT2D eigenvalue weighted by Crippen LogP contribution is 2.23. The molecule has 0 bridgehead atoms. The van der Waals surface area contributed by atoms with Gasteiger partial charge in [-0.2, -0.15) is 0 Å². The molecule has 0 unspecified atom stereocenters. The van der Waals surface area contributed by atoms with Crippen molar-refractivity contribution in [3.63, 3.8) is 0 Å². The van der Waals surface area contributed by atoms with Crippen LogP contribution < -0.4 is 47.9 Å². The standard InChI is InChI=1S/C54H59N9O6/c1-53(2,49(66)58-43-23-15-37(16-24-43)35-39-19-27-45(28-20-39)62-51(68)60-41-11-7-5-8-12-41)47(64)56-33-31-55-32-34-57-48(65)54(3,4)50(67)59-44-25-17-38(18-26-44)36-40-21-29-46(30-22-40)63-52(69)61-42-13-9-6-10-14-42/h5-30,55H,31-36H2,1-4H3,(H,56,64)(H,57,65)(H,58,66)(H,59,67)(H2,60,62,68)(H2,61,63,69). The Morgan fingerprint density at radius 3 is 0.870 bits per heavy atom. The molecule has 0 heterocycles. The van der Waals surface area contributed by atoms with Crippen LogP contribution in [0.15, 0.2) is 158 Å². The first-order valence-electron chi connectivity index (χ1n) is 22.7. The third-order valence-corrected chi connectivity index (χ3v) is 11.2. The van der Waals surface area contributed by atoms with Gasteiger partial charge in [-0.05, 0) is 136 Å². The van der Waals surface area contributed by atoms with E-state index in [9.17, 15) is 28.8 Å². The average Bonchev–Trinajstić information content (AvgIpc) is 3.34. The second-order valence-electron chi connectivity index (χ2n) is 17.5. The molecule has 0 saturated carbocycles. The van der Waals surface area contributed by atoms with Crippen molar-refractivity contribution in [2.24, 2.45) is 10.8 Å². The molecule has 0 aliphatic carbocycles. The number of carbonyl (C=O) groups excluding carboxylic acids is 6. The number of benzene rings is 6. The number of urea groups is 2. The Kier molecular flexibility index (Phi) is 17.4. The van der Waals surface area contributed by atoms with Crippen LogP contribution in [0.3, 0.4) is 0 Å².